The number of ether oxygens (including phenoxy) is 1. The first-order chi connectivity index (χ1) is 19.3. The second kappa shape index (κ2) is 26.3. The summed E-state index contributed by atoms with van der Waals surface area (Å²) in [6.07, 6.45) is 25.3. The number of rotatable bonds is 25. The lowest BCUT2D eigenvalue weighted by Gasteiger charge is -2.12. The molecule has 0 rings (SSSR count). The molecular weight excluding hydrogens is 512 g/mol. The van der Waals surface area contributed by atoms with Crippen molar-refractivity contribution >= 4 is 23.8 Å². The molecule has 0 bridgehead atoms. The Labute approximate surface area is 240 Å². The first-order valence-electron chi connectivity index (χ1n) is 14.9. The molecule has 0 saturated carbocycles. The third-order valence-electron chi connectivity index (χ3n) is 6.11. The Morgan fingerprint density at radius 2 is 1.43 bits per heavy atom. The molecule has 0 spiro atoms. The van der Waals surface area contributed by atoms with Crippen LogP contribution >= 0.6 is 0 Å². The highest BCUT2D eigenvalue weighted by Crippen LogP contribution is 2.11. The lowest BCUT2D eigenvalue weighted by molar-refractivity contribution is -0.145. The molecule has 9 nitrogen and oxygen atoms in total. The molecule has 2 amide bonds. The zero-order valence-electron chi connectivity index (χ0n) is 24.6. The van der Waals surface area contributed by atoms with Gasteiger partial charge in [0, 0.05) is 12.8 Å². The van der Waals surface area contributed by atoms with E-state index >= 15 is 0 Å². The highest BCUT2D eigenvalue weighted by atomic mass is 16.5. The number of aliphatic hydroxyl groups excluding tert-OH is 1. The van der Waals surface area contributed by atoms with E-state index < -0.39 is 30.6 Å². The molecule has 0 aliphatic rings. The van der Waals surface area contributed by atoms with Crippen molar-refractivity contribution in [2.75, 3.05) is 13.2 Å². The zero-order chi connectivity index (χ0) is 29.8. The van der Waals surface area contributed by atoms with E-state index in [1.54, 1.807) is 0 Å². The van der Waals surface area contributed by atoms with E-state index in [-0.39, 0.29) is 24.8 Å². The maximum absolute atomic E-state index is 12.4. The maximum Gasteiger partial charge on any atom is 0.328 e. The van der Waals surface area contributed by atoms with Crippen molar-refractivity contribution in [2.24, 2.45) is 0 Å². The first kappa shape index (κ1) is 37.1. The Morgan fingerprint density at radius 1 is 0.775 bits per heavy atom. The summed E-state index contributed by atoms with van der Waals surface area (Å²) in [5.74, 6) is -2.49. The normalized spacial score (nSPS) is 13.1. The quantitative estimate of drug-likeness (QED) is 0.0683. The molecule has 0 aliphatic heterocycles. The fourth-order valence-electron chi connectivity index (χ4n) is 3.79. The minimum absolute atomic E-state index is 0.175. The molecule has 0 saturated heterocycles. The summed E-state index contributed by atoms with van der Waals surface area (Å²) in [5, 5.41) is 22.3. The fraction of sp³-hybridized carbons (Fsp3) is 0.677. The van der Waals surface area contributed by atoms with E-state index in [1.807, 2.05) is 24.3 Å². The number of carbonyl (C=O) groups is 4. The van der Waals surface area contributed by atoms with Gasteiger partial charge in [0.2, 0.25) is 11.8 Å². The van der Waals surface area contributed by atoms with E-state index in [9.17, 15) is 19.2 Å². The minimum atomic E-state index is -1.39. The molecule has 0 aromatic rings. The van der Waals surface area contributed by atoms with Crippen LogP contribution < -0.4 is 10.6 Å². The highest BCUT2D eigenvalue weighted by molar-refractivity contribution is 5.87. The Kier molecular flexibility index (Phi) is 24.4. The summed E-state index contributed by atoms with van der Waals surface area (Å²) in [6.45, 7) is 3.22. The second-order valence-corrected chi connectivity index (χ2v) is 9.81. The van der Waals surface area contributed by atoms with Crippen LogP contribution in [0.3, 0.4) is 0 Å². The first-order valence-corrected chi connectivity index (χ1v) is 14.9. The van der Waals surface area contributed by atoms with Gasteiger partial charge in [-0.1, -0.05) is 83.1 Å². The molecule has 40 heavy (non-hydrogen) atoms. The predicted molar refractivity (Wildman–Crippen MR) is 158 cm³/mol. The van der Waals surface area contributed by atoms with E-state index in [2.05, 4.69) is 36.6 Å². The molecule has 0 aliphatic carbocycles. The minimum Gasteiger partial charge on any atom is -0.480 e. The summed E-state index contributed by atoms with van der Waals surface area (Å²) < 4.78 is 5.68. The molecule has 4 N–H and O–H groups in total. The van der Waals surface area contributed by atoms with Crippen LogP contribution in [0.15, 0.2) is 36.5 Å². The van der Waals surface area contributed by atoms with Gasteiger partial charge in [-0.15, -0.1) is 0 Å². The summed E-state index contributed by atoms with van der Waals surface area (Å²) in [4.78, 5) is 46.7. The molecule has 0 aromatic carbocycles. The van der Waals surface area contributed by atoms with Crippen LogP contribution in [0.4, 0.5) is 0 Å². The lowest BCUT2D eigenvalue weighted by atomic mass is 10.1. The van der Waals surface area contributed by atoms with Crippen LogP contribution in [-0.4, -0.2) is 59.3 Å². The Balaban J connectivity index is 4.32. The monoisotopic (exact) mass is 564 g/mol. The number of aliphatic hydroxyl groups is 1. The number of aliphatic carboxylic acids is 1. The van der Waals surface area contributed by atoms with Crippen LogP contribution in [0.5, 0.6) is 0 Å². The van der Waals surface area contributed by atoms with Gasteiger partial charge in [-0.2, -0.15) is 0 Å². The van der Waals surface area contributed by atoms with Crippen LogP contribution in [0, 0.1) is 0 Å². The van der Waals surface area contributed by atoms with E-state index in [0.29, 0.717) is 12.8 Å². The Morgan fingerprint density at radius 3 is 2.10 bits per heavy atom. The Hall–Kier alpha value is -2.94. The number of carboxylic acid groups (broad SMARTS) is 1. The van der Waals surface area contributed by atoms with Gasteiger partial charge in [-0.3, -0.25) is 14.4 Å². The molecule has 9 heteroatoms. The van der Waals surface area contributed by atoms with Crippen molar-refractivity contribution in [2.45, 2.75) is 122 Å². The Bertz CT molecular complexity index is 793. The summed E-state index contributed by atoms with van der Waals surface area (Å²) in [7, 11) is 0. The molecule has 0 fully saturated rings. The largest absolute Gasteiger partial charge is 0.480 e. The lowest BCUT2D eigenvalue weighted by Crippen LogP contribution is -2.47. The average Bonchev–Trinajstić information content (AvgIpc) is 2.93. The van der Waals surface area contributed by atoms with Crippen molar-refractivity contribution in [3.8, 4) is 0 Å². The molecule has 2 atom stereocenters. The number of hydrogen-bond acceptors (Lipinski definition) is 6. The number of amides is 2. The van der Waals surface area contributed by atoms with Gasteiger partial charge in [-0.25, -0.2) is 4.79 Å². The molecular formula is C31H52N2O7. The predicted octanol–water partition coefficient (Wildman–Crippen LogP) is 5.14. The number of esters is 1. The van der Waals surface area contributed by atoms with Crippen LogP contribution in [-0.2, 0) is 23.9 Å². The zero-order valence-corrected chi connectivity index (χ0v) is 24.6. The van der Waals surface area contributed by atoms with E-state index in [0.717, 1.165) is 51.4 Å². The number of hydrogen-bond donors (Lipinski definition) is 4. The molecule has 0 heterocycles. The van der Waals surface area contributed by atoms with Gasteiger partial charge >= 0.3 is 11.9 Å². The number of carboxylic acids is 1. The number of unbranched alkanes of at least 4 members (excludes halogenated alkanes) is 9. The van der Waals surface area contributed by atoms with Crippen molar-refractivity contribution < 1.29 is 34.1 Å². The molecule has 0 radical (unpaired) electrons. The molecule has 2 unspecified atom stereocenters. The summed E-state index contributed by atoms with van der Waals surface area (Å²) >= 11 is 0. The van der Waals surface area contributed by atoms with Gasteiger partial charge in [0.25, 0.3) is 0 Å². The average molecular weight is 565 g/mol. The summed E-state index contributed by atoms with van der Waals surface area (Å²) in [5.41, 5.74) is 0. The van der Waals surface area contributed by atoms with Gasteiger partial charge in [-0.05, 0) is 50.7 Å². The van der Waals surface area contributed by atoms with Gasteiger partial charge < -0.3 is 25.6 Å². The number of carbonyl (C=O) groups excluding carboxylic acids is 3. The van der Waals surface area contributed by atoms with Crippen molar-refractivity contribution in [3.05, 3.63) is 36.5 Å². The van der Waals surface area contributed by atoms with Crippen LogP contribution in [0.2, 0.25) is 0 Å². The van der Waals surface area contributed by atoms with Gasteiger partial charge in [0.15, 0.2) is 0 Å². The van der Waals surface area contributed by atoms with E-state index in [1.165, 1.54) is 25.7 Å². The highest BCUT2D eigenvalue weighted by Gasteiger charge is 2.18. The standard InChI is InChI=1S/C31H52N2O7/c1-3-5-7-9-10-15-19-23-30(37)40-26(20-16-12-8-6-4-2)21-17-13-11-14-18-22-28(35)32-24-29(36)33-27(25-34)31(38)39/h6,8,16-17,20-21,26-27,34H,3-5,7,9-15,18-19,22-25H2,1-2H3,(H,32,35)(H,33,36)(H,38,39)/b8-6-,20-16-,21-17-. The third-order valence-corrected chi connectivity index (χ3v) is 6.11. The number of nitrogens with one attached hydrogen (secondary N) is 2. The maximum atomic E-state index is 12.4. The smallest absolute Gasteiger partial charge is 0.328 e. The fourth-order valence-corrected chi connectivity index (χ4v) is 3.79. The second-order valence-electron chi connectivity index (χ2n) is 9.81. The topological polar surface area (TPSA) is 142 Å². The van der Waals surface area contributed by atoms with E-state index in [4.69, 9.17) is 14.9 Å². The molecule has 0 aromatic heterocycles. The van der Waals surface area contributed by atoms with Gasteiger partial charge in [0.1, 0.15) is 12.1 Å². The summed E-state index contributed by atoms with van der Waals surface area (Å²) in [6, 6.07) is -1.39. The van der Waals surface area contributed by atoms with Crippen LogP contribution in [0.25, 0.3) is 0 Å². The van der Waals surface area contributed by atoms with Crippen molar-refractivity contribution in [1.29, 1.82) is 0 Å². The SMILES string of the molecule is CC/C=C\C/C=C\C(/C=C\CCCCCC(=O)NCC(=O)NC(CO)C(=O)O)OC(=O)CCCCCCCCC. The van der Waals surface area contributed by atoms with Crippen molar-refractivity contribution in [1.82, 2.24) is 10.6 Å². The van der Waals surface area contributed by atoms with Crippen molar-refractivity contribution in [3.63, 3.8) is 0 Å². The molecule has 228 valence electrons. The number of allylic oxidation sites excluding steroid dienone is 4. The van der Waals surface area contributed by atoms with Crippen LogP contribution in [0.1, 0.15) is 110 Å². The third kappa shape index (κ3) is 23.0. The van der Waals surface area contributed by atoms with Gasteiger partial charge in [0.05, 0.1) is 13.2 Å².